The third-order valence-electron chi connectivity index (χ3n) is 3.67. The van der Waals surface area contributed by atoms with Crippen molar-refractivity contribution in [2.75, 3.05) is 20.8 Å². The summed E-state index contributed by atoms with van der Waals surface area (Å²) in [5, 5.41) is -0.0304. The van der Waals surface area contributed by atoms with Crippen molar-refractivity contribution in [3.8, 4) is 5.75 Å². The lowest BCUT2D eigenvalue weighted by molar-refractivity contribution is -0.0258. The van der Waals surface area contributed by atoms with E-state index in [1.54, 1.807) is 18.2 Å². The van der Waals surface area contributed by atoms with Gasteiger partial charge < -0.3 is 9.47 Å². The quantitative estimate of drug-likeness (QED) is 0.488. The van der Waals surface area contributed by atoms with Gasteiger partial charge in [0.15, 0.2) is 0 Å². The van der Waals surface area contributed by atoms with Gasteiger partial charge in [0.25, 0.3) is 10.0 Å². The zero-order valence-electron chi connectivity index (χ0n) is 15.1. The number of esters is 1. The number of hydrogen-bond donors (Lipinski definition) is 0. The Morgan fingerprint density at radius 2 is 1.89 bits per heavy atom. The van der Waals surface area contributed by atoms with Crippen LogP contribution in [-0.2, 0) is 26.2 Å². The van der Waals surface area contributed by atoms with Crippen LogP contribution in [0, 0.1) is 0 Å². The second-order valence-corrected chi connectivity index (χ2v) is 7.67. The molecule has 0 aromatic heterocycles. The highest BCUT2D eigenvalue weighted by molar-refractivity contribution is 7.89. The first-order valence-corrected chi connectivity index (χ1v) is 9.83. The monoisotopic (exact) mass is 413 g/mol. The van der Waals surface area contributed by atoms with Crippen LogP contribution in [0.5, 0.6) is 5.75 Å². The fourth-order valence-corrected chi connectivity index (χ4v) is 3.68. The lowest BCUT2D eigenvalue weighted by atomic mass is 10.2. The number of nitrogens with zero attached hydrogens (tertiary/aromatic N) is 1. The number of rotatable bonds is 8. The number of sulfonamides is 1. The Bertz CT molecular complexity index is 916. The first-order chi connectivity index (χ1) is 12.8. The number of ether oxygens (including phenoxy) is 2. The molecular formula is C18H20ClNO6S. The van der Waals surface area contributed by atoms with E-state index in [0.29, 0.717) is 22.4 Å². The Labute approximate surface area is 163 Å². The summed E-state index contributed by atoms with van der Waals surface area (Å²) in [5.74, 6) is -0.0663. The standard InChI is InChI=1S/C18H20ClNO6S/c1-4-25-16-8-6-5-7-14(16)12-26-18(21)13-9-10-15(19)17(11-13)27(22,23)20(2)24-3/h5-11H,4,12H2,1-3H3. The van der Waals surface area contributed by atoms with Crippen molar-refractivity contribution >= 4 is 27.6 Å². The van der Waals surface area contributed by atoms with Crippen LogP contribution in [0.15, 0.2) is 47.4 Å². The molecule has 0 atom stereocenters. The van der Waals surface area contributed by atoms with Crippen molar-refractivity contribution < 1.29 is 27.5 Å². The molecule has 0 aliphatic carbocycles. The second kappa shape index (κ2) is 9.18. The van der Waals surface area contributed by atoms with Crippen LogP contribution in [0.2, 0.25) is 5.02 Å². The van der Waals surface area contributed by atoms with E-state index in [0.717, 1.165) is 6.07 Å². The third kappa shape index (κ3) is 4.98. The van der Waals surface area contributed by atoms with Gasteiger partial charge in [0.2, 0.25) is 0 Å². The van der Waals surface area contributed by atoms with E-state index in [4.69, 9.17) is 25.9 Å². The maximum absolute atomic E-state index is 12.4. The summed E-state index contributed by atoms with van der Waals surface area (Å²) in [6.45, 7) is 2.32. The third-order valence-corrected chi connectivity index (χ3v) is 5.83. The average Bonchev–Trinajstić information content (AvgIpc) is 2.66. The first kappa shape index (κ1) is 21.2. The average molecular weight is 414 g/mol. The molecule has 0 aliphatic heterocycles. The maximum Gasteiger partial charge on any atom is 0.338 e. The van der Waals surface area contributed by atoms with E-state index in [1.807, 2.05) is 13.0 Å². The van der Waals surface area contributed by atoms with Crippen LogP contribution >= 0.6 is 11.6 Å². The van der Waals surface area contributed by atoms with Gasteiger partial charge in [-0.1, -0.05) is 34.3 Å². The van der Waals surface area contributed by atoms with Crippen LogP contribution in [0.3, 0.4) is 0 Å². The van der Waals surface area contributed by atoms with Crippen LogP contribution in [-0.4, -0.2) is 39.6 Å². The van der Waals surface area contributed by atoms with Crippen molar-refractivity contribution in [1.82, 2.24) is 4.47 Å². The highest BCUT2D eigenvalue weighted by Crippen LogP contribution is 2.26. The van der Waals surface area contributed by atoms with E-state index in [-0.39, 0.29) is 22.1 Å². The summed E-state index contributed by atoms with van der Waals surface area (Å²) in [6, 6.07) is 11.1. The summed E-state index contributed by atoms with van der Waals surface area (Å²) in [4.78, 5) is 16.8. The minimum atomic E-state index is -4.01. The molecule has 0 radical (unpaired) electrons. The van der Waals surface area contributed by atoms with Gasteiger partial charge in [-0.15, -0.1) is 0 Å². The van der Waals surface area contributed by atoms with Gasteiger partial charge in [0.1, 0.15) is 17.3 Å². The molecule has 7 nitrogen and oxygen atoms in total. The predicted molar refractivity (Wildman–Crippen MR) is 100 cm³/mol. The van der Waals surface area contributed by atoms with Crippen LogP contribution in [0.25, 0.3) is 0 Å². The largest absolute Gasteiger partial charge is 0.493 e. The molecule has 9 heteroatoms. The molecule has 2 rings (SSSR count). The predicted octanol–water partition coefficient (Wildman–Crippen LogP) is 3.28. The summed E-state index contributed by atoms with van der Waals surface area (Å²) in [5.41, 5.74) is 0.755. The van der Waals surface area contributed by atoms with E-state index in [1.165, 1.54) is 26.3 Å². The molecular weight excluding hydrogens is 394 g/mol. The van der Waals surface area contributed by atoms with E-state index < -0.39 is 16.0 Å². The Morgan fingerprint density at radius 3 is 2.56 bits per heavy atom. The summed E-state index contributed by atoms with van der Waals surface area (Å²) < 4.78 is 36.2. The Morgan fingerprint density at radius 1 is 1.19 bits per heavy atom. The fourth-order valence-electron chi connectivity index (χ4n) is 2.21. The lowest BCUT2D eigenvalue weighted by Crippen LogP contribution is -2.26. The topological polar surface area (TPSA) is 82.1 Å². The minimum absolute atomic E-state index is 0.0162. The van der Waals surface area contributed by atoms with Gasteiger partial charge in [-0.05, 0) is 31.2 Å². The molecule has 2 aromatic rings. The van der Waals surface area contributed by atoms with Gasteiger partial charge >= 0.3 is 5.97 Å². The minimum Gasteiger partial charge on any atom is -0.493 e. The zero-order chi connectivity index (χ0) is 20.0. The fraction of sp³-hybridized carbons (Fsp3) is 0.278. The molecule has 0 spiro atoms. The molecule has 0 saturated carbocycles. The molecule has 0 fully saturated rings. The number of benzene rings is 2. The first-order valence-electron chi connectivity index (χ1n) is 8.01. The molecule has 0 amide bonds. The highest BCUT2D eigenvalue weighted by atomic mass is 35.5. The summed E-state index contributed by atoms with van der Waals surface area (Å²) in [6.07, 6.45) is 0. The van der Waals surface area contributed by atoms with Gasteiger partial charge in [0.05, 0.1) is 24.3 Å². The molecule has 0 unspecified atom stereocenters. The van der Waals surface area contributed by atoms with Gasteiger partial charge in [-0.25, -0.2) is 13.2 Å². The van der Waals surface area contributed by atoms with Gasteiger partial charge in [0, 0.05) is 12.6 Å². The lowest BCUT2D eigenvalue weighted by Gasteiger charge is -2.16. The van der Waals surface area contributed by atoms with Crippen LogP contribution in [0.1, 0.15) is 22.8 Å². The molecule has 2 aromatic carbocycles. The summed E-state index contributed by atoms with van der Waals surface area (Å²) >= 11 is 5.98. The molecule has 27 heavy (non-hydrogen) atoms. The number of hydroxylamine groups is 1. The van der Waals surface area contributed by atoms with Crippen molar-refractivity contribution in [2.45, 2.75) is 18.4 Å². The number of para-hydroxylation sites is 1. The van der Waals surface area contributed by atoms with Gasteiger partial charge in [-0.3, -0.25) is 4.84 Å². The van der Waals surface area contributed by atoms with Crippen LogP contribution < -0.4 is 4.74 Å². The molecule has 146 valence electrons. The van der Waals surface area contributed by atoms with E-state index in [2.05, 4.69) is 0 Å². The molecule has 0 aliphatic rings. The van der Waals surface area contributed by atoms with Gasteiger partial charge in [-0.2, -0.15) is 0 Å². The number of carbonyl (C=O) groups excluding carboxylic acids is 1. The van der Waals surface area contributed by atoms with Crippen molar-refractivity contribution in [3.05, 3.63) is 58.6 Å². The highest BCUT2D eigenvalue weighted by Gasteiger charge is 2.25. The smallest absolute Gasteiger partial charge is 0.338 e. The Hall–Kier alpha value is -2.13. The second-order valence-electron chi connectivity index (χ2n) is 5.36. The number of hydrogen-bond acceptors (Lipinski definition) is 6. The molecule has 0 heterocycles. The van der Waals surface area contributed by atoms with Crippen molar-refractivity contribution in [3.63, 3.8) is 0 Å². The number of halogens is 1. The van der Waals surface area contributed by atoms with Crippen molar-refractivity contribution in [1.29, 1.82) is 0 Å². The Kier molecular flexibility index (Phi) is 7.20. The van der Waals surface area contributed by atoms with Crippen molar-refractivity contribution in [2.24, 2.45) is 0 Å². The number of carbonyl (C=O) groups is 1. The van der Waals surface area contributed by atoms with E-state index >= 15 is 0 Å². The SMILES string of the molecule is CCOc1ccccc1COC(=O)c1ccc(Cl)c(S(=O)(=O)N(C)OC)c1. The maximum atomic E-state index is 12.4. The van der Waals surface area contributed by atoms with Crippen LogP contribution in [0.4, 0.5) is 0 Å². The molecule has 0 N–H and O–H groups in total. The van der Waals surface area contributed by atoms with E-state index in [9.17, 15) is 13.2 Å². The normalized spacial score (nSPS) is 11.4. The molecule has 0 bridgehead atoms. The zero-order valence-corrected chi connectivity index (χ0v) is 16.7. The Balaban J connectivity index is 2.22. The summed E-state index contributed by atoms with van der Waals surface area (Å²) in [7, 11) is -1.57. The molecule has 0 saturated heterocycles.